The molecule has 21 heavy (non-hydrogen) atoms. The Morgan fingerprint density at radius 3 is 2.81 bits per heavy atom. The summed E-state index contributed by atoms with van der Waals surface area (Å²) in [5, 5.41) is 3.69. The zero-order chi connectivity index (χ0) is 15.1. The third-order valence-corrected chi connectivity index (χ3v) is 3.62. The molecule has 0 aliphatic rings. The zero-order valence-electron chi connectivity index (χ0n) is 12.2. The maximum absolute atomic E-state index is 12.3. The number of ether oxygens (including phenoxy) is 1. The summed E-state index contributed by atoms with van der Waals surface area (Å²) in [4.78, 5) is 16.6. The van der Waals surface area contributed by atoms with E-state index in [9.17, 15) is 4.79 Å². The zero-order valence-corrected chi connectivity index (χ0v) is 13.0. The number of hydrogen-bond acceptors (Lipinski definition) is 4. The van der Waals surface area contributed by atoms with Gasteiger partial charge in [-0.1, -0.05) is 30.0 Å². The van der Waals surface area contributed by atoms with E-state index < -0.39 is 0 Å². The van der Waals surface area contributed by atoms with Crippen molar-refractivity contribution in [3.8, 4) is 5.69 Å². The molecule has 0 saturated carbocycles. The fraction of sp³-hybridized carbons (Fsp3) is 0.333. The number of hydrogen-bond donors (Lipinski definition) is 1. The van der Waals surface area contributed by atoms with Gasteiger partial charge in [0.25, 0.3) is 5.91 Å². The molecule has 0 saturated heterocycles. The predicted octanol–water partition coefficient (Wildman–Crippen LogP) is 2.36. The molecule has 0 unspecified atom stereocenters. The fourth-order valence-electron chi connectivity index (χ4n) is 1.97. The molecule has 2 aromatic rings. The van der Waals surface area contributed by atoms with Crippen LogP contribution in [0.2, 0.25) is 0 Å². The third-order valence-electron chi connectivity index (χ3n) is 2.97. The number of rotatable bonds is 7. The molecule has 6 heteroatoms. The molecule has 0 spiro atoms. The van der Waals surface area contributed by atoms with E-state index in [4.69, 9.17) is 4.74 Å². The van der Waals surface area contributed by atoms with Crippen molar-refractivity contribution in [2.24, 2.45) is 0 Å². The molecule has 0 radical (unpaired) electrons. The van der Waals surface area contributed by atoms with Gasteiger partial charge >= 0.3 is 0 Å². The molecule has 112 valence electrons. The Labute approximate surface area is 128 Å². The SMILES string of the molecule is COCCCNC(=O)c1cnc(SC)n1-c1ccccc1. The van der Waals surface area contributed by atoms with Crippen LogP contribution >= 0.6 is 11.8 Å². The summed E-state index contributed by atoms with van der Waals surface area (Å²) in [6.45, 7) is 1.22. The maximum atomic E-state index is 12.3. The third kappa shape index (κ3) is 3.86. The molecule has 1 amide bonds. The number of benzene rings is 1. The number of carbonyl (C=O) groups excluding carboxylic acids is 1. The summed E-state index contributed by atoms with van der Waals surface area (Å²) in [6, 6.07) is 9.76. The number of methoxy groups -OCH3 is 1. The molecular weight excluding hydrogens is 286 g/mol. The largest absolute Gasteiger partial charge is 0.385 e. The van der Waals surface area contributed by atoms with Gasteiger partial charge in [0.15, 0.2) is 5.16 Å². The van der Waals surface area contributed by atoms with Gasteiger partial charge in [-0.15, -0.1) is 0 Å². The van der Waals surface area contributed by atoms with Crippen LogP contribution in [0.5, 0.6) is 0 Å². The monoisotopic (exact) mass is 305 g/mol. The summed E-state index contributed by atoms with van der Waals surface area (Å²) >= 11 is 1.51. The van der Waals surface area contributed by atoms with Crippen LogP contribution in [0.15, 0.2) is 41.7 Å². The van der Waals surface area contributed by atoms with Crippen LogP contribution in [0.3, 0.4) is 0 Å². The van der Waals surface area contributed by atoms with Gasteiger partial charge in [0.1, 0.15) is 5.69 Å². The highest BCUT2D eigenvalue weighted by atomic mass is 32.2. The quantitative estimate of drug-likeness (QED) is 0.630. The first-order valence-electron chi connectivity index (χ1n) is 6.72. The smallest absolute Gasteiger partial charge is 0.269 e. The molecule has 1 aromatic carbocycles. The molecule has 0 fully saturated rings. The minimum atomic E-state index is -0.122. The molecule has 5 nitrogen and oxygen atoms in total. The van der Waals surface area contributed by atoms with Gasteiger partial charge in [0.2, 0.25) is 0 Å². The number of nitrogens with one attached hydrogen (secondary N) is 1. The Bertz CT molecular complexity index is 584. The highest BCUT2D eigenvalue weighted by Crippen LogP contribution is 2.21. The van der Waals surface area contributed by atoms with Crippen molar-refractivity contribution in [2.45, 2.75) is 11.6 Å². The maximum Gasteiger partial charge on any atom is 0.269 e. The molecule has 0 bridgehead atoms. The van der Waals surface area contributed by atoms with Crippen LogP contribution in [0.4, 0.5) is 0 Å². The van der Waals surface area contributed by atoms with Gasteiger partial charge in [0.05, 0.1) is 6.20 Å². The number of aromatic nitrogens is 2. The van der Waals surface area contributed by atoms with Crippen molar-refractivity contribution in [3.05, 3.63) is 42.2 Å². The number of imidazole rings is 1. The standard InChI is InChI=1S/C15H19N3O2S/c1-20-10-6-9-16-14(19)13-11-17-15(21-2)18(13)12-7-4-3-5-8-12/h3-5,7-8,11H,6,9-10H2,1-2H3,(H,16,19). The Balaban J connectivity index is 2.20. The highest BCUT2D eigenvalue weighted by molar-refractivity contribution is 7.98. The van der Waals surface area contributed by atoms with Gasteiger partial charge in [0, 0.05) is 25.9 Å². The van der Waals surface area contributed by atoms with Crippen molar-refractivity contribution >= 4 is 17.7 Å². The van der Waals surface area contributed by atoms with Crippen molar-refractivity contribution in [3.63, 3.8) is 0 Å². The van der Waals surface area contributed by atoms with E-state index in [1.54, 1.807) is 13.3 Å². The number of amides is 1. The molecule has 1 aromatic heterocycles. The second kappa shape index (κ2) is 7.85. The van der Waals surface area contributed by atoms with Crippen molar-refractivity contribution in [1.82, 2.24) is 14.9 Å². The Kier molecular flexibility index (Phi) is 5.83. The van der Waals surface area contributed by atoms with Gasteiger partial charge in [-0.25, -0.2) is 4.98 Å². The topological polar surface area (TPSA) is 56.1 Å². The highest BCUT2D eigenvalue weighted by Gasteiger charge is 2.16. The molecular formula is C15H19N3O2S. The van der Waals surface area contributed by atoms with E-state index in [2.05, 4.69) is 10.3 Å². The lowest BCUT2D eigenvalue weighted by Gasteiger charge is -2.11. The fourth-order valence-corrected chi connectivity index (χ4v) is 2.52. The van der Waals surface area contributed by atoms with Crippen molar-refractivity contribution in [1.29, 1.82) is 0 Å². The van der Waals surface area contributed by atoms with Crippen LogP contribution in [0, 0.1) is 0 Å². The first kappa shape index (κ1) is 15.6. The first-order valence-corrected chi connectivity index (χ1v) is 7.94. The van der Waals surface area contributed by atoms with E-state index >= 15 is 0 Å². The summed E-state index contributed by atoms with van der Waals surface area (Å²) in [6.07, 6.45) is 4.35. The van der Waals surface area contributed by atoms with Crippen LogP contribution in [-0.4, -0.2) is 42.0 Å². The molecule has 0 atom stereocenters. The summed E-state index contributed by atoms with van der Waals surface area (Å²) in [5.41, 5.74) is 1.48. The minimum Gasteiger partial charge on any atom is -0.385 e. The van der Waals surface area contributed by atoms with Gasteiger partial charge in [-0.05, 0) is 24.8 Å². The summed E-state index contributed by atoms with van der Waals surface area (Å²) in [7, 11) is 1.65. The molecule has 2 rings (SSSR count). The lowest BCUT2D eigenvalue weighted by atomic mass is 10.3. The number of thioether (sulfide) groups is 1. The van der Waals surface area contributed by atoms with E-state index in [1.165, 1.54) is 11.8 Å². The number of nitrogens with zero attached hydrogens (tertiary/aromatic N) is 2. The Morgan fingerprint density at radius 1 is 1.38 bits per heavy atom. The minimum absolute atomic E-state index is 0.122. The van der Waals surface area contributed by atoms with Crippen LogP contribution in [-0.2, 0) is 4.74 Å². The van der Waals surface area contributed by atoms with Crippen LogP contribution in [0.1, 0.15) is 16.9 Å². The average molecular weight is 305 g/mol. The van der Waals surface area contributed by atoms with Crippen molar-refractivity contribution in [2.75, 3.05) is 26.5 Å². The lowest BCUT2D eigenvalue weighted by Crippen LogP contribution is -2.27. The van der Waals surface area contributed by atoms with E-state index in [-0.39, 0.29) is 5.91 Å². The van der Waals surface area contributed by atoms with Crippen LogP contribution < -0.4 is 5.32 Å². The molecule has 1 N–H and O–H groups in total. The Hall–Kier alpha value is -1.79. The average Bonchev–Trinajstić information content (AvgIpc) is 2.96. The normalized spacial score (nSPS) is 10.6. The van der Waals surface area contributed by atoms with Gasteiger partial charge in [-0.3, -0.25) is 9.36 Å². The second-order valence-corrected chi connectivity index (χ2v) is 5.18. The molecule has 0 aliphatic heterocycles. The number of carbonyl (C=O) groups is 1. The van der Waals surface area contributed by atoms with E-state index in [0.717, 1.165) is 17.3 Å². The summed E-state index contributed by atoms with van der Waals surface area (Å²) in [5.74, 6) is -0.122. The number of para-hydroxylation sites is 1. The van der Waals surface area contributed by atoms with Gasteiger partial charge < -0.3 is 10.1 Å². The van der Waals surface area contributed by atoms with E-state index in [0.29, 0.717) is 18.8 Å². The Morgan fingerprint density at radius 2 is 2.14 bits per heavy atom. The lowest BCUT2D eigenvalue weighted by molar-refractivity contribution is 0.0941. The van der Waals surface area contributed by atoms with Crippen molar-refractivity contribution < 1.29 is 9.53 Å². The second-order valence-electron chi connectivity index (χ2n) is 4.40. The predicted molar refractivity (Wildman–Crippen MR) is 84.2 cm³/mol. The van der Waals surface area contributed by atoms with Crippen LogP contribution in [0.25, 0.3) is 5.69 Å². The summed E-state index contributed by atoms with van der Waals surface area (Å²) < 4.78 is 6.84. The van der Waals surface area contributed by atoms with Gasteiger partial charge in [-0.2, -0.15) is 0 Å². The van der Waals surface area contributed by atoms with E-state index in [1.807, 2.05) is 41.2 Å². The molecule has 1 heterocycles. The first-order chi connectivity index (χ1) is 10.3. The molecule has 0 aliphatic carbocycles.